The van der Waals surface area contributed by atoms with E-state index in [2.05, 4.69) is 13.0 Å². The second-order valence-electron chi connectivity index (χ2n) is 4.33. The smallest absolute Gasteiger partial charge is 0.0127 e. The molecule has 0 aliphatic heterocycles. The molecular weight excluding hydrogens is 156 g/mol. The third-order valence-corrected chi connectivity index (χ3v) is 3.36. The second-order valence-corrected chi connectivity index (χ2v) is 4.33. The van der Waals surface area contributed by atoms with Gasteiger partial charge in [0.1, 0.15) is 0 Å². The van der Waals surface area contributed by atoms with Crippen molar-refractivity contribution in [3.63, 3.8) is 0 Å². The van der Waals surface area contributed by atoms with Crippen LogP contribution in [-0.2, 0) is 0 Å². The summed E-state index contributed by atoms with van der Waals surface area (Å²) in [5, 5.41) is 0. The molecule has 0 unspecified atom stereocenters. The number of allylic oxidation sites excluding steroid dienone is 4. The van der Waals surface area contributed by atoms with Crippen LogP contribution in [0.1, 0.15) is 58.3 Å². The summed E-state index contributed by atoms with van der Waals surface area (Å²) in [6, 6.07) is 0. The Bertz CT molecular complexity index is 243. The van der Waals surface area contributed by atoms with E-state index < -0.39 is 0 Å². The highest BCUT2D eigenvalue weighted by atomic mass is 14.2. The van der Waals surface area contributed by atoms with E-state index in [0.29, 0.717) is 0 Å². The molecule has 0 saturated heterocycles. The fourth-order valence-corrected chi connectivity index (χ4v) is 2.57. The summed E-state index contributed by atoms with van der Waals surface area (Å²) in [6.07, 6.45) is 13.5. The summed E-state index contributed by atoms with van der Waals surface area (Å²) in [6.45, 7) is 2.28. The molecule has 0 N–H and O–H groups in total. The van der Waals surface area contributed by atoms with Gasteiger partial charge in [0.2, 0.25) is 0 Å². The number of unbranched alkanes of at least 4 members (excludes halogenated alkanes) is 1. The highest BCUT2D eigenvalue weighted by Gasteiger charge is 2.19. The van der Waals surface area contributed by atoms with Crippen molar-refractivity contribution in [2.75, 3.05) is 0 Å². The van der Waals surface area contributed by atoms with Gasteiger partial charge in [0.25, 0.3) is 0 Å². The lowest BCUT2D eigenvalue weighted by molar-refractivity contribution is 0.669. The van der Waals surface area contributed by atoms with Crippen LogP contribution in [-0.4, -0.2) is 0 Å². The molecule has 0 nitrogen and oxygen atoms in total. The molecule has 0 spiro atoms. The van der Waals surface area contributed by atoms with Crippen molar-refractivity contribution in [2.45, 2.75) is 58.3 Å². The normalized spacial score (nSPS) is 21.8. The summed E-state index contributed by atoms with van der Waals surface area (Å²) in [5.41, 5.74) is 5.24. The van der Waals surface area contributed by atoms with Gasteiger partial charge in [0.05, 0.1) is 0 Å². The summed E-state index contributed by atoms with van der Waals surface area (Å²) in [4.78, 5) is 0. The third-order valence-electron chi connectivity index (χ3n) is 3.36. The van der Waals surface area contributed by atoms with Crippen LogP contribution < -0.4 is 0 Å². The average Bonchev–Trinajstić information content (AvgIpc) is 2.58. The lowest BCUT2D eigenvalue weighted by atomic mass is 9.89. The first-order valence-corrected chi connectivity index (χ1v) is 5.82. The minimum absolute atomic E-state index is 1.29. The summed E-state index contributed by atoms with van der Waals surface area (Å²) >= 11 is 0. The minimum Gasteiger partial charge on any atom is -0.0770 e. The Balaban J connectivity index is 2.01. The monoisotopic (exact) mass is 176 g/mol. The highest BCUT2D eigenvalue weighted by molar-refractivity contribution is 5.43. The van der Waals surface area contributed by atoms with Crippen LogP contribution in [0, 0.1) is 0 Å². The van der Waals surface area contributed by atoms with Crippen molar-refractivity contribution in [3.05, 3.63) is 22.8 Å². The fourth-order valence-electron chi connectivity index (χ4n) is 2.57. The molecule has 0 radical (unpaired) electrons. The number of hydrogen-bond donors (Lipinski definition) is 0. The first-order chi connectivity index (χ1) is 6.42. The molecule has 0 heteroatoms. The van der Waals surface area contributed by atoms with Crippen molar-refractivity contribution >= 4 is 0 Å². The molecule has 0 heterocycles. The molecule has 0 aromatic carbocycles. The van der Waals surface area contributed by atoms with Gasteiger partial charge in [-0.15, -0.1) is 0 Å². The summed E-state index contributed by atoms with van der Waals surface area (Å²) < 4.78 is 0. The quantitative estimate of drug-likeness (QED) is 0.598. The first kappa shape index (κ1) is 9.05. The molecule has 72 valence electrons. The molecule has 2 aliphatic rings. The predicted octanol–water partition coefficient (Wildman–Crippen LogP) is 4.38. The van der Waals surface area contributed by atoms with Gasteiger partial charge in [-0.3, -0.25) is 0 Å². The van der Waals surface area contributed by atoms with E-state index in [4.69, 9.17) is 0 Å². The molecule has 13 heavy (non-hydrogen) atoms. The molecule has 0 aromatic heterocycles. The topological polar surface area (TPSA) is 0 Å². The zero-order chi connectivity index (χ0) is 9.10. The molecule has 2 rings (SSSR count). The van der Waals surface area contributed by atoms with Crippen molar-refractivity contribution < 1.29 is 0 Å². The van der Waals surface area contributed by atoms with Gasteiger partial charge in [-0.25, -0.2) is 0 Å². The largest absolute Gasteiger partial charge is 0.0770 e. The Labute approximate surface area is 81.7 Å². The first-order valence-electron chi connectivity index (χ1n) is 5.82. The summed E-state index contributed by atoms with van der Waals surface area (Å²) in [7, 11) is 0. The van der Waals surface area contributed by atoms with Crippen molar-refractivity contribution in [2.24, 2.45) is 0 Å². The van der Waals surface area contributed by atoms with Crippen molar-refractivity contribution in [3.8, 4) is 0 Å². The Morgan fingerprint density at radius 1 is 1.23 bits per heavy atom. The van der Waals surface area contributed by atoms with Crippen molar-refractivity contribution in [1.82, 2.24) is 0 Å². The minimum atomic E-state index is 1.29. The molecular formula is C13H20. The molecule has 0 amide bonds. The van der Waals surface area contributed by atoms with E-state index >= 15 is 0 Å². The third kappa shape index (κ3) is 1.87. The van der Waals surface area contributed by atoms with Gasteiger partial charge in [-0.1, -0.05) is 25.0 Å². The standard InChI is InChI=1S/C13H20/c1-2-3-6-11-9-10-12-7-4-5-8-13(11)12/h9H,2-8,10H2,1H3. The van der Waals surface area contributed by atoms with Gasteiger partial charge in [-0.05, 0) is 56.1 Å². The predicted molar refractivity (Wildman–Crippen MR) is 57.7 cm³/mol. The average molecular weight is 176 g/mol. The summed E-state index contributed by atoms with van der Waals surface area (Å²) in [5.74, 6) is 0. The lowest BCUT2D eigenvalue weighted by Gasteiger charge is -2.16. The molecule has 0 bridgehead atoms. The van der Waals surface area contributed by atoms with E-state index in [1.165, 1.54) is 51.4 Å². The van der Waals surface area contributed by atoms with Crippen LogP contribution in [0.4, 0.5) is 0 Å². The van der Waals surface area contributed by atoms with E-state index in [9.17, 15) is 0 Å². The van der Waals surface area contributed by atoms with Crippen LogP contribution in [0.5, 0.6) is 0 Å². The second kappa shape index (κ2) is 4.13. The Morgan fingerprint density at radius 3 is 2.92 bits per heavy atom. The van der Waals surface area contributed by atoms with E-state index in [0.717, 1.165) is 0 Å². The molecule has 0 atom stereocenters. The fraction of sp³-hybridized carbons (Fsp3) is 0.692. The van der Waals surface area contributed by atoms with E-state index in [-0.39, 0.29) is 0 Å². The maximum atomic E-state index is 2.49. The van der Waals surface area contributed by atoms with Crippen LogP contribution in [0.15, 0.2) is 22.8 Å². The Morgan fingerprint density at radius 2 is 2.08 bits per heavy atom. The molecule has 0 fully saturated rings. The van der Waals surface area contributed by atoms with Gasteiger partial charge in [0, 0.05) is 0 Å². The SMILES string of the molecule is CCCCC1=CCC2=C1CCCC2. The van der Waals surface area contributed by atoms with Gasteiger partial charge < -0.3 is 0 Å². The van der Waals surface area contributed by atoms with Crippen LogP contribution in [0.25, 0.3) is 0 Å². The van der Waals surface area contributed by atoms with Crippen molar-refractivity contribution in [1.29, 1.82) is 0 Å². The van der Waals surface area contributed by atoms with Gasteiger partial charge in [-0.2, -0.15) is 0 Å². The van der Waals surface area contributed by atoms with Crippen LogP contribution in [0.2, 0.25) is 0 Å². The Hall–Kier alpha value is -0.520. The van der Waals surface area contributed by atoms with Gasteiger partial charge >= 0.3 is 0 Å². The maximum Gasteiger partial charge on any atom is -0.0127 e. The molecule has 0 saturated carbocycles. The van der Waals surface area contributed by atoms with Crippen LogP contribution in [0.3, 0.4) is 0 Å². The van der Waals surface area contributed by atoms with Gasteiger partial charge in [0.15, 0.2) is 0 Å². The highest BCUT2D eigenvalue weighted by Crippen LogP contribution is 2.38. The zero-order valence-electron chi connectivity index (χ0n) is 8.73. The zero-order valence-corrected chi connectivity index (χ0v) is 8.73. The maximum absolute atomic E-state index is 2.49. The molecule has 0 aromatic rings. The molecule has 2 aliphatic carbocycles. The van der Waals surface area contributed by atoms with E-state index in [1.807, 2.05) is 0 Å². The lowest BCUT2D eigenvalue weighted by Crippen LogP contribution is -1.97. The van der Waals surface area contributed by atoms with Crippen LogP contribution >= 0.6 is 0 Å². The number of rotatable bonds is 3. The van der Waals surface area contributed by atoms with E-state index in [1.54, 1.807) is 16.7 Å². The number of hydrogen-bond acceptors (Lipinski definition) is 0. The Kier molecular flexibility index (Phi) is 2.87.